The van der Waals surface area contributed by atoms with Crippen LogP contribution in [0, 0.1) is 17.7 Å². The SMILES string of the molecule is O=C1CCCN1c1ccc(F)cc1C#CCO. The Morgan fingerprint density at radius 1 is 1.47 bits per heavy atom. The molecule has 0 unspecified atom stereocenters. The average Bonchev–Trinajstić information content (AvgIpc) is 2.73. The fraction of sp³-hybridized carbons (Fsp3) is 0.308. The Balaban J connectivity index is 2.41. The highest BCUT2D eigenvalue weighted by Gasteiger charge is 2.23. The molecule has 1 aliphatic heterocycles. The third-order valence-corrected chi connectivity index (χ3v) is 2.62. The van der Waals surface area contributed by atoms with Gasteiger partial charge >= 0.3 is 0 Å². The summed E-state index contributed by atoms with van der Waals surface area (Å²) in [5.74, 6) is 4.77. The first-order valence-corrected chi connectivity index (χ1v) is 5.42. The highest BCUT2D eigenvalue weighted by molar-refractivity contribution is 5.96. The van der Waals surface area contributed by atoms with Crippen molar-refractivity contribution in [3.05, 3.63) is 29.6 Å². The van der Waals surface area contributed by atoms with Crippen LogP contribution in [0.1, 0.15) is 18.4 Å². The van der Waals surface area contributed by atoms with Gasteiger partial charge in [-0.2, -0.15) is 0 Å². The van der Waals surface area contributed by atoms with Crippen LogP contribution in [-0.4, -0.2) is 24.2 Å². The molecule has 1 aliphatic rings. The summed E-state index contributed by atoms with van der Waals surface area (Å²) in [4.78, 5) is 13.2. The first-order chi connectivity index (χ1) is 8.22. The van der Waals surface area contributed by atoms with Crippen LogP contribution in [0.2, 0.25) is 0 Å². The van der Waals surface area contributed by atoms with E-state index in [-0.39, 0.29) is 12.5 Å². The maximum atomic E-state index is 13.1. The predicted molar refractivity (Wildman–Crippen MR) is 62.0 cm³/mol. The fourth-order valence-corrected chi connectivity index (χ4v) is 1.88. The largest absolute Gasteiger partial charge is 0.384 e. The van der Waals surface area contributed by atoms with Crippen molar-refractivity contribution >= 4 is 11.6 Å². The molecule has 4 heteroatoms. The second-order valence-electron chi connectivity index (χ2n) is 3.77. The van der Waals surface area contributed by atoms with Crippen molar-refractivity contribution in [3.63, 3.8) is 0 Å². The van der Waals surface area contributed by atoms with Crippen molar-refractivity contribution in [1.29, 1.82) is 0 Å². The monoisotopic (exact) mass is 233 g/mol. The molecule has 0 bridgehead atoms. The molecule has 0 saturated carbocycles. The number of halogens is 1. The van der Waals surface area contributed by atoms with Crippen LogP contribution in [0.5, 0.6) is 0 Å². The van der Waals surface area contributed by atoms with Crippen LogP contribution in [0.3, 0.4) is 0 Å². The molecule has 3 nitrogen and oxygen atoms in total. The van der Waals surface area contributed by atoms with Gasteiger partial charge in [-0.1, -0.05) is 11.8 Å². The molecule has 17 heavy (non-hydrogen) atoms. The molecule has 1 amide bonds. The van der Waals surface area contributed by atoms with E-state index in [1.807, 2.05) is 0 Å². The zero-order valence-corrected chi connectivity index (χ0v) is 9.24. The maximum Gasteiger partial charge on any atom is 0.227 e. The van der Waals surface area contributed by atoms with E-state index in [1.54, 1.807) is 11.0 Å². The van der Waals surface area contributed by atoms with Gasteiger partial charge in [0.05, 0.1) is 11.3 Å². The average molecular weight is 233 g/mol. The summed E-state index contributed by atoms with van der Waals surface area (Å²) in [6, 6.07) is 4.15. The highest BCUT2D eigenvalue weighted by atomic mass is 19.1. The molecule has 0 aliphatic carbocycles. The zero-order valence-electron chi connectivity index (χ0n) is 9.24. The number of carbonyl (C=O) groups excluding carboxylic acids is 1. The zero-order chi connectivity index (χ0) is 12.3. The summed E-state index contributed by atoms with van der Waals surface area (Å²) in [5.41, 5.74) is 1.06. The minimum absolute atomic E-state index is 0.0312. The van der Waals surface area contributed by atoms with Gasteiger partial charge in [0.25, 0.3) is 0 Å². The molecule has 0 spiro atoms. The van der Waals surface area contributed by atoms with Crippen molar-refractivity contribution < 1.29 is 14.3 Å². The summed E-state index contributed by atoms with van der Waals surface area (Å²) >= 11 is 0. The Kier molecular flexibility index (Phi) is 3.40. The van der Waals surface area contributed by atoms with E-state index in [9.17, 15) is 9.18 Å². The van der Waals surface area contributed by atoms with Gasteiger partial charge in [-0.15, -0.1) is 0 Å². The molecule has 0 atom stereocenters. The van der Waals surface area contributed by atoms with Gasteiger partial charge in [0, 0.05) is 13.0 Å². The predicted octanol–water partition coefficient (Wildman–Crippen LogP) is 1.30. The summed E-state index contributed by atoms with van der Waals surface area (Å²) in [6.45, 7) is 0.349. The molecule has 2 rings (SSSR count). The van der Waals surface area contributed by atoms with E-state index in [0.717, 1.165) is 6.42 Å². The van der Waals surface area contributed by atoms with Gasteiger partial charge in [-0.05, 0) is 24.6 Å². The Bertz CT molecular complexity index is 502. The van der Waals surface area contributed by atoms with Crippen LogP contribution in [0.15, 0.2) is 18.2 Å². The topological polar surface area (TPSA) is 40.5 Å². The van der Waals surface area contributed by atoms with Crippen LogP contribution in [0.4, 0.5) is 10.1 Å². The third kappa shape index (κ3) is 2.45. The van der Waals surface area contributed by atoms with E-state index in [4.69, 9.17) is 5.11 Å². The molecule has 1 N–H and O–H groups in total. The third-order valence-electron chi connectivity index (χ3n) is 2.62. The van der Waals surface area contributed by atoms with Gasteiger partial charge in [0.15, 0.2) is 0 Å². The Morgan fingerprint density at radius 2 is 2.29 bits per heavy atom. The fourth-order valence-electron chi connectivity index (χ4n) is 1.88. The van der Waals surface area contributed by atoms with Gasteiger partial charge in [-0.25, -0.2) is 4.39 Å². The lowest BCUT2D eigenvalue weighted by atomic mass is 10.1. The van der Waals surface area contributed by atoms with Crippen molar-refractivity contribution in [2.75, 3.05) is 18.1 Å². The van der Waals surface area contributed by atoms with E-state index in [2.05, 4.69) is 11.8 Å². The summed E-state index contributed by atoms with van der Waals surface area (Å²) < 4.78 is 13.1. The molecule has 0 radical (unpaired) electrons. The number of hydrogen-bond donors (Lipinski definition) is 1. The Morgan fingerprint density at radius 3 is 2.94 bits per heavy atom. The molecule has 88 valence electrons. The molecular weight excluding hydrogens is 221 g/mol. The Labute approximate surface area is 98.9 Å². The van der Waals surface area contributed by atoms with Crippen molar-refractivity contribution in [1.82, 2.24) is 0 Å². The number of anilines is 1. The molecule has 1 aromatic rings. The quantitative estimate of drug-likeness (QED) is 0.743. The van der Waals surface area contributed by atoms with Crippen molar-refractivity contribution in [2.45, 2.75) is 12.8 Å². The lowest BCUT2D eigenvalue weighted by molar-refractivity contribution is -0.117. The number of amides is 1. The standard InChI is InChI=1S/C13H12FNO2/c14-11-5-6-12(10(9-11)3-2-8-16)15-7-1-4-13(15)17/h5-6,9,16H,1,4,7-8H2. The van der Waals surface area contributed by atoms with Crippen molar-refractivity contribution in [2.24, 2.45) is 0 Å². The number of aliphatic hydroxyl groups excluding tert-OH is 1. The second kappa shape index (κ2) is 4.98. The van der Waals surface area contributed by atoms with Crippen molar-refractivity contribution in [3.8, 4) is 11.8 Å². The van der Waals surface area contributed by atoms with Gasteiger partial charge in [-0.3, -0.25) is 4.79 Å². The van der Waals surface area contributed by atoms with Crippen LogP contribution < -0.4 is 4.90 Å². The molecule has 1 heterocycles. The number of hydrogen-bond acceptors (Lipinski definition) is 2. The van der Waals surface area contributed by atoms with Gasteiger partial charge in [0.2, 0.25) is 5.91 Å². The number of aliphatic hydroxyl groups is 1. The number of rotatable bonds is 1. The van der Waals surface area contributed by atoms with E-state index in [1.165, 1.54) is 12.1 Å². The summed E-state index contributed by atoms with van der Waals surface area (Å²) in [7, 11) is 0. The number of carbonyl (C=O) groups is 1. The molecule has 0 aromatic heterocycles. The minimum atomic E-state index is -0.400. The number of nitrogens with zero attached hydrogens (tertiary/aromatic N) is 1. The smallest absolute Gasteiger partial charge is 0.227 e. The molecule has 1 fully saturated rings. The van der Waals surface area contributed by atoms with E-state index in [0.29, 0.717) is 24.2 Å². The van der Waals surface area contributed by atoms with E-state index >= 15 is 0 Å². The van der Waals surface area contributed by atoms with Gasteiger partial charge in [0.1, 0.15) is 12.4 Å². The lowest BCUT2D eigenvalue weighted by Gasteiger charge is -2.17. The molecule has 1 saturated heterocycles. The lowest BCUT2D eigenvalue weighted by Crippen LogP contribution is -2.24. The van der Waals surface area contributed by atoms with Gasteiger partial charge < -0.3 is 10.0 Å². The van der Waals surface area contributed by atoms with Crippen LogP contribution in [-0.2, 0) is 4.79 Å². The summed E-state index contributed by atoms with van der Waals surface area (Å²) in [6.07, 6.45) is 1.33. The second-order valence-corrected chi connectivity index (χ2v) is 3.77. The van der Waals surface area contributed by atoms with E-state index < -0.39 is 5.82 Å². The summed E-state index contributed by atoms with van der Waals surface area (Å²) in [5, 5.41) is 8.66. The molecular formula is C13H12FNO2. The Hall–Kier alpha value is -1.86. The minimum Gasteiger partial charge on any atom is -0.384 e. The maximum absolute atomic E-state index is 13.1. The van der Waals surface area contributed by atoms with Crippen LogP contribution in [0.25, 0.3) is 0 Å². The first-order valence-electron chi connectivity index (χ1n) is 5.42. The van der Waals surface area contributed by atoms with Crippen LogP contribution >= 0.6 is 0 Å². The normalized spacial score (nSPS) is 14.7. The number of benzene rings is 1. The highest BCUT2D eigenvalue weighted by Crippen LogP contribution is 2.25. The molecule has 1 aromatic carbocycles. The first kappa shape index (κ1) is 11.6.